The SMILES string of the molecule is CC[C@H](C)Nc1nc(Nc2ccc([N+](=O)[O-])cc2)cc(-c2ccccc2)n1. The lowest BCUT2D eigenvalue weighted by molar-refractivity contribution is -0.384. The Bertz CT molecular complexity index is 913. The van der Waals surface area contributed by atoms with Crippen LogP contribution in [0.4, 0.5) is 23.1 Å². The number of anilines is 3. The van der Waals surface area contributed by atoms with Crippen molar-refractivity contribution in [3.63, 3.8) is 0 Å². The average Bonchev–Trinajstić information content (AvgIpc) is 2.69. The molecule has 0 aliphatic heterocycles. The molecular formula is C20H21N5O2. The van der Waals surface area contributed by atoms with Gasteiger partial charge in [-0.3, -0.25) is 10.1 Å². The average molecular weight is 363 g/mol. The van der Waals surface area contributed by atoms with E-state index in [0.29, 0.717) is 17.5 Å². The van der Waals surface area contributed by atoms with E-state index in [2.05, 4.69) is 34.4 Å². The Morgan fingerprint density at radius 3 is 2.41 bits per heavy atom. The van der Waals surface area contributed by atoms with Gasteiger partial charge in [0.1, 0.15) is 5.82 Å². The van der Waals surface area contributed by atoms with Crippen LogP contribution >= 0.6 is 0 Å². The van der Waals surface area contributed by atoms with Crippen molar-refractivity contribution < 1.29 is 4.92 Å². The summed E-state index contributed by atoms with van der Waals surface area (Å²) >= 11 is 0. The number of hydrogen-bond donors (Lipinski definition) is 2. The third-order valence-electron chi connectivity index (χ3n) is 4.13. The summed E-state index contributed by atoms with van der Waals surface area (Å²) in [6.45, 7) is 4.16. The summed E-state index contributed by atoms with van der Waals surface area (Å²) in [4.78, 5) is 19.5. The lowest BCUT2D eigenvalue weighted by Crippen LogP contribution is -2.16. The largest absolute Gasteiger partial charge is 0.352 e. The first-order valence-electron chi connectivity index (χ1n) is 8.77. The van der Waals surface area contributed by atoms with Crippen molar-refractivity contribution in [1.29, 1.82) is 0 Å². The molecule has 2 aromatic carbocycles. The van der Waals surface area contributed by atoms with Crippen LogP contribution in [0.25, 0.3) is 11.3 Å². The van der Waals surface area contributed by atoms with Gasteiger partial charge in [0.05, 0.1) is 10.6 Å². The second-order valence-corrected chi connectivity index (χ2v) is 6.21. The van der Waals surface area contributed by atoms with Gasteiger partial charge in [0.15, 0.2) is 0 Å². The zero-order chi connectivity index (χ0) is 19.2. The van der Waals surface area contributed by atoms with Crippen LogP contribution in [-0.2, 0) is 0 Å². The highest BCUT2D eigenvalue weighted by atomic mass is 16.6. The normalized spacial score (nSPS) is 11.6. The standard InChI is InChI=1S/C20H21N5O2/c1-3-14(2)21-20-23-18(15-7-5-4-6-8-15)13-19(24-20)22-16-9-11-17(12-10-16)25(26)27/h4-14H,3H2,1-2H3,(H2,21,22,23,24)/t14-/m0/s1. The summed E-state index contributed by atoms with van der Waals surface area (Å²) in [5, 5.41) is 17.3. The highest BCUT2D eigenvalue weighted by Gasteiger charge is 2.10. The summed E-state index contributed by atoms with van der Waals surface area (Å²) in [7, 11) is 0. The van der Waals surface area contributed by atoms with Crippen molar-refractivity contribution in [3.8, 4) is 11.3 Å². The van der Waals surface area contributed by atoms with Crippen LogP contribution in [0.15, 0.2) is 60.7 Å². The quantitative estimate of drug-likeness (QED) is 0.453. The van der Waals surface area contributed by atoms with Gasteiger partial charge in [0, 0.05) is 35.5 Å². The predicted octanol–water partition coefficient (Wildman–Crippen LogP) is 5.01. The summed E-state index contributed by atoms with van der Waals surface area (Å²) in [6, 6.07) is 18.2. The molecule has 0 bridgehead atoms. The molecule has 0 spiro atoms. The van der Waals surface area contributed by atoms with Crippen molar-refractivity contribution in [2.45, 2.75) is 26.3 Å². The smallest absolute Gasteiger partial charge is 0.269 e. The van der Waals surface area contributed by atoms with E-state index in [0.717, 1.165) is 17.7 Å². The van der Waals surface area contributed by atoms with Gasteiger partial charge in [0.2, 0.25) is 5.95 Å². The molecular weight excluding hydrogens is 342 g/mol. The van der Waals surface area contributed by atoms with Gasteiger partial charge in [-0.05, 0) is 25.5 Å². The molecule has 1 atom stereocenters. The Hall–Kier alpha value is -3.48. The number of nitrogens with one attached hydrogen (secondary N) is 2. The van der Waals surface area contributed by atoms with Gasteiger partial charge in [-0.15, -0.1) is 0 Å². The molecule has 7 heteroatoms. The van der Waals surface area contributed by atoms with E-state index >= 15 is 0 Å². The monoisotopic (exact) mass is 363 g/mol. The molecule has 0 unspecified atom stereocenters. The number of benzene rings is 2. The van der Waals surface area contributed by atoms with Gasteiger partial charge in [0.25, 0.3) is 5.69 Å². The van der Waals surface area contributed by atoms with E-state index in [4.69, 9.17) is 0 Å². The van der Waals surface area contributed by atoms with E-state index in [1.807, 2.05) is 36.4 Å². The minimum absolute atomic E-state index is 0.0485. The molecule has 0 saturated heterocycles. The van der Waals surface area contributed by atoms with Gasteiger partial charge < -0.3 is 10.6 Å². The lowest BCUT2D eigenvalue weighted by atomic mass is 10.1. The molecule has 3 aromatic rings. The van der Waals surface area contributed by atoms with Gasteiger partial charge in [-0.25, -0.2) is 4.98 Å². The molecule has 0 saturated carbocycles. The first-order chi connectivity index (χ1) is 13.0. The summed E-state index contributed by atoms with van der Waals surface area (Å²) < 4.78 is 0. The first kappa shape index (κ1) is 18.3. The Kier molecular flexibility index (Phi) is 5.61. The number of aromatic nitrogens is 2. The molecule has 7 nitrogen and oxygen atoms in total. The van der Waals surface area contributed by atoms with Crippen LogP contribution in [0, 0.1) is 10.1 Å². The topological polar surface area (TPSA) is 93.0 Å². The maximum absolute atomic E-state index is 10.8. The molecule has 0 radical (unpaired) electrons. The number of nitro groups is 1. The Labute approximate surface area is 157 Å². The third-order valence-corrected chi connectivity index (χ3v) is 4.13. The van der Waals surface area contributed by atoms with Crippen LogP contribution < -0.4 is 10.6 Å². The van der Waals surface area contributed by atoms with E-state index in [9.17, 15) is 10.1 Å². The summed E-state index contributed by atoms with van der Waals surface area (Å²) in [5.74, 6) is 1.15. The highest BCUT2D eigenvalue weighted by molar-refractivity contribution is 5.67. The number of nitrogens with zero attached hydrogens (tertiary/aromatic N) is 3. The second-order valence-electron chi connectivity index (χ2n) is 6.21. The predicted molar refractivity (Wildman–Crippen MR) is 107 cm³/mol. The van der Waals surface area contributed by atoms with Crippen molar-refractivity contribution in [3.05, 3.63) is 70.8 Å². The summed E-state index contributed by atoms with van der Waals surface area (Å²) in [6.07, 6.45) is 0.948. The molecule has 0 fully saturated rings. The fourth-order valence-electron chi connectivity index (χ4n) is 2.47. The van der Waals surface area contributed by atoms with E-state index < -0.39 is 4.92 Å². The fraction of sp³-hybridized carbons (Fsp3) is 0.200. The van der Waals surface area contributed by atoms with E-state index in [1.165, 1.54) is 12.1 Å². The minimum Gasteiger partial charge on any atom is -0.352 e. The van der Waals surface area contributed by atoms with Crippen LogP contribution in [0.2, 0.25) is 0 Å². The Balaban J connectivity index is 1.93. The second kappa shape index (κ2) is 8.27. The maximum atomic E-state index is 10.8. The molecule has 3 rings (SSSR count). The molecule has 0 amide bonds. The molecule has 0 aliphatic carbocycles. The van der Waals surface area contributed by atoms with Crippen molar-refractivity contribution in [1.82, 2.24) is 9.97 Å². The van der Waals surface area contributed by atoms with Gasteiger partial charge in [-0.1, -0.05) is 37.3 Å². The summed E-state index contributed by atoms with van der Waals surface area (Å²) in [5.41, 5.74) is 2.54. The van der Waals surface area contributed by atoms with E-state index in [1.54, 1.807) is 12.1 Å². The molecule has 27 heavy (non-hydrogen) atoms. The zero-order valence-electron chi connectivity index (χ0n) is 15.2. The maximum Gasteiger partial charge on any atom is 0.269 e. The number of hydrogen-bond acceptors (Lipinski definition) is 6. The molecule has 0 aliphatic rings. The lowest BCUT2D eigenvalue weighted by Gasteiger charge is -2.14. The fourth-order valence-corrected chi connectivity index (χ4v) is 2.47. The van der Waals surface area contributed by atoms with Crippen LogP contribution in [-0.4, -0.2) is 20.9 Å². The Morgan fingerprint density at radius 1 is 1.07 bits per heavy atom. The Morgan fingerprint density at radius 2 is 1.78 bits per heavy atom. The van der Waals surface area contributed by atoms with Crippen molar-refractivity contribution in [2.75, 3.05) is 10.6 Å². The van der Waals surface area contributed by atoms with Crippen molar-refractivity contribution >= 4 is 23.1 Å². The third kappa shape index (κ3) is 4.78. The van der Waals surface area contributed by atoms with Crippen LogP contribution in [0.1, 0.15) is 20.3 Å². The highest BCUT2D eigenvalue weighted by Crippen LogP contribution is 2.25. The zero-order valence-corrected chi connectivity index (χ0v) is 15.2. The number of rotatable bonds is 7. The molecule has 1 aromatic heterocycles. The van der Waals surface area contributed by atoms with Crippen molar-refractivity contribution in [2.24, 2.45) is 0 Å². The van der Waals surface area contributed by atoms with Gasteiger partial charge >= 0.3 is 0 Å². The van der Waals surface area contributed by atoms with Gasteiger partial charge in [-0.2, -0.15) is 4.98 Å². The number of nitro benzene ring substituents is 1. The van der Waals surface area contributed by atoms with Crippen LogP contribution in [0.5, 0.6) is 0 Å². The molecule has 1 heterocycles. The molecule has 2 N–H and O–H groups in total. The first-order valence-corrected chi connectivity index (χ1v) is 8.77. The molecule has 138 valence electrons. The van der Waals surface area contributed by atoms with Crippen LogP contribution in [0.3, 0.4) is 0 Å². The van der Waals surface area contributed by atoms with E-state index in [-0.39, 0.29) is 11.7 Å². The minimum atomic E-state index is -0.420. The number of non-ortho nitro benzene ring substituents is 1.